The second-order valence-electron chi connectivity index (χ2n) is 4.60. The van der Waals surface area contributed by atoms with Gasteiger partial charge in [-0.1, -0.05) is 58.4 Å². The van der Waals surface area contributed by atoms with Crippen molar-refractivity contribution in [3.63, 3.8) is 0 Å². The molecule has 3 aromatic rings. The van der Waals surface area contributed by atoms with Crippen LogP contribution in [0.4, 0.5) is 8.78 Å². The van der Waals surface area contributed by atoms with Gasteiger partial charge in [0.2, 0.25) is 0 Å². The summed E-state index contributed by atoms with van der Waals surface area (Å²) in [4.78, 5) is 12.5. The molecule has 0 heterocycles. The molecule has 0 saturated heterocycles. The van der Waals surface area contributed by atoms with E-state index in [1.54, 1.807) is 24.3 Å². The van der Waals surface area contributed by atoms with Gasteiger partial charge < -0.3 is 0 Å². The SMILES string of the molecule is O=C(c1c(F)cc(Br)cc1F)c1cccc2ccccc12. The van der Waals surface area contributed by atoms with Crippen LogP contribution in [0, 0.1) is 11.6 Å². The minimum atomic E-state index is -0.875. The normalized spacial score (nSPS) is 10.8. The number of fused-ring (bicyclic) bond motifs is 1. The molecular weight excluding hydrogens is 338 g/mol. The predicted molar refractivity (Wildman–Crippen MR) is 81.4 cm³/mol. The minimum absolute atomic E-state index is 0.256. The Morgan fingerprint density at radius 3 is 2.24 bits per heavy atom. The third-order valence-electron chi connectivity index (χ3n) is 3.27. The van der Waals surface area contributed by atoms with Crippen LogP contribution in [0.5, 0.6) is 0 Å². The van der Waals surface area contributed by atoms with E-state index in [9.17, 15) is 13.6 Å². The van der Waals surface area contributed by atoms with Gasteiger partial charge in [0.25, 0.3) is 0 Å². The summed E-state index contributed by atoms with van der Waals surface area (Å²) in [5.41, 5.74) is -0.247. The second kappa shape index (κ2) is 5.37. The van der Waals surface area contributed by atoms with Gasteiger partial charge in [0, 0.05) is 10.0 Å². The first-order valence-corrected chi connectivity index (χ1v) is 7.04. The smallest absolute Gasteiger partial charge is 0.199 e. The average molecular weight is 347 g/mol. The molecule has 0 amide bonds. The fourth-order valence-corrected chi connectivity index (χ4v) is 2.72. The molecule has 0 aromatic heterocycles. The van der Waals surface area contributed by atoms with Gasteiger partial charge in [0.05, 0.1) is 5.56 Å². The molecule has 0 aliphatic carbocycles. The molecule has 0 saturated carbocycles. The lowest BCUT2D eigenvalue weighted by molar-refractivity contribution is 0.103. The molecule has 0 spiro atoms. The van der Waals surface area contributed by atoms with E-state index in [1.807, 2.05) is 18.2 Å². The Morgan fingerprint density at radius 2 is 1.52 bits per heavy atom. The Hall–Kier alpha value is -2.07. The van der Waals surface area contributed by atoms with E-state index in [0.29, 0.717) is 5.39 Å². The van der Waals surface area contributed by atoms with Gasteiger partial charge in [-0.15, -0.1) is 0 Å². The van der Waals surface area contributed by atoms with Crippen LogP contribution in [0.1, 0.15) is 15.9 Å². The largest absolute Gasteiger partial charge is 0.288 e. The lowest BCUT2D eigenvalue weighted by Crippen LogP contribution is -2.08. The van der Waals surface area contributed by atoms with E-state index >= 15 is 0 Å². The van der Waals surface area contributed by atoms with Crippen molar-refractivity contribution in [2.45, 2.75) is 0 Å². The molecule has 4 heteroatoms. The van der Waals surface area contributed by atoms with Gasteiger partial charge in [-0.3, -0.25) is 4.79 Å². The van der Waals surface area contributed by atoms with Crippen LogP contribution in [0.2, 0.25) is 0 Å². The number of halogens is 3. The standard InChI is InChI=1S/C17H9BrF2O/c18-11-8-14(19)16(15(20)9-11)17(21)13-7-3-5-10-4-1-2-6-12(10)13/h1-9H. The Balaban J connectivity index is 2.22. The summed E-state index contributed by atoms with van der Waals surface area (Å²) in [6, 6.07) is 14.5. The van der Waals surface area contributed by atoms with Gasteiger partial charge in [-0.25, -0.2) is 8.78 Å². The van der Waals surface area contributed by atoms with Crippen molar-refractivity contribution in [1.82, 2.24) is 0 Å². The maximum atomic E-state index is 14.0. The van der Waals surface area contributed by atoms with Gasteiger partial charge >= 0.3 is 0 Å². The Bertz CT molecular complexity index is 830. The van der Waals surface area contributed by atoms with Crippen LogP contribution >= 0.6 is 15.9 Å². The molecule has 0 radical (unpaired) electrons. The summed E-state index contributed by atoms with van der Waals surface area (Å²) in [5, 5.41) is 1.52. The number of rotatable bonds is 2. The molecule has 0 N–H and O–H groups in total. The van der Waals surface area contributed by atoms with Crippen molar-refractivity contribution in [3.05, 3.63) is 81.8 Å². The Morgan fingerprint density at radius 1 is 0.905 bits per heavy atom. The number of hydrogen-bond donors (Lipinski definition) is 0. The first-order chi connectivity index (χ1) is 10.1. The molecular formula is C17H9BrF2O. The van der Waals surface area contributed by atoms with Crippen molar-refractivity contribution in [2.24, 2.45) is 0 Å². The van der Waals surface area contributed by atoms with Crippen molar-refractivity contribution in [1.29, 1.82) is 0 Å². The minimum Gasteiger partial charge on any atom is -0.288 e. The quantitative estimate of drug-likeness (QED) is 0.589. The first kappa shape index (κ1) is 13.9. The summed E-state index contributed by atoms with van der Waals surface area (Å²) in [6.45, 7) is 0. The van der Waals surface area contributed by atoms with Crippen molar-refractivity contribution in [2.75, 3.05) is 0 Å². The molecule has 3 rings (SSSR count). The highest BCUT2D eigenvalue weighted by molar-refractivity contribution is 9.10. The van der Waals surface area contributed by atoms with E-state index in [2.05, 4.69) is 15.9 Å². The molecule has 104 valence electrons. The van der Waals surface area contributed by atoms with E-state index in [0.717, 1.165) is 17.5 Å². The summed E-state index contributed by atoms with van der Waals surface area (Å²) in [7, 11) is 0. The van der Waals surface area contributed by atoms with Crippen molar-refractivity contribution >= 4 is 32.5 Å². The highest BCUT2D eigenvalue weighted by Crippen LogP contribution is 2.26. The lowest BCUT2D eigenvalue weighted by atomic mass is 9.97. The highest BCUT2D eigenvalue weighted by atomic mass is 79.9. The molecule has 0 fully saturated rings. The van der Waals surface area contributed by atoms with Crippen LogP contribution in [0.3, 0.4) is 0 Å². The number of ketones is 1. The first-order valence-electron chi connectivity index (χ1n) is 6.25. The van der Waals surface area contributed by atoms with Crippen molar-refractivity contribution in [3.8, 4) is 0 Å². The third-order valence-corrected chi connectivity index (χ3v) is 3.73. The zero-order valence-electron chi connectivity index (χ0n) is 10.7. The number of benzene rings is 3. The predicted octanol–water partition coefficient (Wildman–Crippen LogP) is 5.11. The van der Waals surface area contributed by atoms with Crippen molar-refractivity contribution < 1.29 is 13.6 Å². The number of carbonyl (C=O) groups is 1. The molecule has 0 bridgehead atoms. The Labute approximate surface area is 128 Å². The molecule has 0 aliphatic heterocycles. The highest BCUT2D eigenvalue weighted by Gasteiger charge is 2.21. The van der Waals surface area contributed by atoms with E-state index in [1.165, 1.54) is 0 Å². The van der Waals surface area contributed by atoms with Crippen LogP contribution in [-0.2, 0) is 0 Å². The monoisotopic (exact) mass is 346 g/mol. The fraction of sp³-hybridized carbons (Fsp3) is 0. The van der Waals surface area contributed by atoms with Crippen LogP contribution in [0.15, 0.2) is 59.1 Å². The van der Waals surface area contributed by atoms with Gasteiger partial charge in [0.1, 0.15) is 11.6 Å². The zero-order valence-corrected chi connectivity index (χ0v) is 12.3. The third kappa shape index (κ3) is 2.47. The summed E-state index contributed by atoms with van der Waals surface area (Å²) < 4.78 is 28.2. The summed E-state index contributed by atoms with van der Waals surface area (Å²) in [5.74, 6) is -2.41. The molecule has 0 atom stereocenters. The summed E-state index contributed by atoms with van der Waals surface area (Å²) >= 11 is 3.00. The fourth-order valence-electron chi connectivity index (χ4n) is 2.32. The van der Waals surface area contributed by atoms with E-state index in [-0.39, 0.29) is 10.0 Å². The number of carbonyl (C=O) groups excluding carboxylic acids is 1. The maximum Gasteiger partial charge on any atom is 0.199 e. The average Bonchev–Trinajstić information content (AvgIpc) is 2.45. The molecule has 0 unspecified atom stereocenters. The van der Waals surface area contributed by atoms with E-state index in [4.69, 9.17) is 0 Å². The lowest BCUT2D eigenvalue weighted by Gasteiger charge is -2.08. The molecule has 21 heavy (non-hydrogen) atoms. The zero-order chi connectivity index (χ0) is 15.0. The molecule has 3 aromatic carbocycles. The van der Waals surface area contributed by atoms with Gasteiger partial charge in [-0.2, -0.15) is 0 Å². The second-order valence-corrected chi connectivity index (χ2v) is 5.52. The topological polar surface area (TPSA) is 17.1 Å². The maximum absolute atomic E-state index is 14.0. The van der Waals surface area contributed by atoms with Gasteiger partial charge in [-0.05, 0) is 22.9 Å². The van der Waals surface area contributed by atoms with Crippen LogP contribution < -0.4 is 0 Å². The number of hydrogen-bond acceptors (Lipinski definition) is 1. The van der Waals surface area contributed by atoms with Crippen LogP contribution in [-0.4, -0.2) is 5.78 Å². The molecule has 0 aliphatic rings. The summed E-state index contributed by atoms with van der Waals surface area (Å²) in [6.07, 6.45) is 0. The Kier molecular flexibility index (Phi) is 3.55. The molecule has 1 nitrogen and oxygen atoms in total. The van der Waals surface area contributed by atoms with Crippen LogP contribution in [0.25, 0.3) is 10.8 Å². The van der Waals surface area contributed by atoms with Gasteiger partial charge in [0.15, 0.2) is 5.78 Å². The van der Waals surface area contributed by atoms with E-state index < -0.39 is 23.0 Å².